The number of H-pyrrole nitrogens is 1. The Labute approximate surface area is 165 Å². The number of aromatic amines is 1. The molecule has 1 aromatic carbocycles. The molecular formula is C18H19N7O2S. The van der Waals surface area contributed by atoms with Crippen LogP contribution in [-0.2, 0) is 9.59 Å². The highest BCUT2D eigenvalue weighted by Gasteiger charge is 2.28. The summed E-state index contributed by atoms with van der Waals surface area (Å²) in [6.07, 6.45) is 1.49. The third-order valence-corrected chi connectivity index (χ3v) is 5.60. The molecule has 10 heteroatoms. The number of nitrogens with zero attached hydrogens (tertiary/aromatic N) is 4. The van der Waals surface area contributed by atoms with Gasteiger partial charge < -0.3 is 15.2 Å². The van der Waals surface area contributed by atoms with Crippen molar-refractivity contribution >= 4 is 52.2 Å². The van der Waals surface area contributed by atoms with E-state index in [0.717, 1.165) is 16.3 Å². The summed E-state index contributed by atoms with van der Waals surface area (Å²) in [5, 5.41) is 5.61. The highest BCUT2D eigenvalue weighted by molar-refractivity contribution is 7.99. The lowest BCUT2D eigenvalue weighted by Gasteiger charge is -2.34. The first-order valence-electron chi connectivity index (χ1n) is 8.79. The SMILES string of the molecule is CC(=O)Nc1nc(NCC(=O)N2c3ccccc3SCC2C)c2[nH]cnc2n1. The van der Waals surface area contributed by atoms with E-state index in [1.807, 2.05) is 36.1 Å². The van der Waals surface area contributed by atoms with Crippen LogP contribution in [0.2, 0.25) is 0 Å². The maximum atomic E-state index is 13.0. The van der Waals surface area contributed by atoms with Gasteiger partial charge in [0.15, 0.2) is 11.5 Å². The van der Waals surface area contributed by atoms with Crippen LogP contribution in [0.1, 0.15) is 13.8 Å². The fourth-order valence-corrected chi connectivity index (χ4v) is 4.16. The topological polar surface area (TPSA) is 116 Å². The van der Waals surface area contributed by atoms with Crippen molar-refractivity contribution in [3.8, 4) is 0 Å². The third-order valence-electron chi connectivity index (χ3n) is 4.29. The molecule has 0 fully saturated rings. The summed E-state index contributed by atoms with van der Waals surface area (Å²) in [5.41, 5.74) is 1.90. The molecule has 28 heavy (non-hydrogen) atoms. The van der Waals surface area contributed by atoms with E-state index in [1.165, 1.54) is 13.3 Å². The minimum absolute atomic E-state index is 0.0496. The van der Waals surface area contributed by atoms with E-state index in [1.54, 1.807) is 11.8 Å². The molecule has 0 aliphatic carbocycles. The third kappa shape index (κ3) is 3.50. The first kappa shape index (κ1) is 18.2. The molecule has 0 spiro atoms. The van der Waals surface area contributed by atoms with Crippen molar-refractivity contribution in [3.63, 3.8) is 0 Å². The number of para-hydroxylation sites is 1. The lowest BCUT2D eigenvalue weighted by atomic mass is 10.2. The number of hydrogen-bond acceptors (Lipinski definition) is 7. The van der Waals surface area contributed by atoms with Gasteiger partial charge in [0.25, 0.3) is 0 Å². The molecule has 4 rings (SSSR count). The van der Waals surface area contributed by atoms with Gasteiger partial charge in [-0.3, -0.25) is 14.9 Å². The van der Waals surface area contributed by atoms with Crippen LogP contribution in [0.4, 0.5) is 17.5 Å². The average molecular weight is 397 g/mol. The van der Waals surface area contributed by atoms with E-state index >= 15 is 0 Å². The smallest absolute Gasteiger partial charge is 0.246 e. The van der Waals surface area contributed by atoms with Crippen LogP contribution in [0.15, 0.2) is 35.5 Å². The second-order valence-electron chi connectivity index (χ2n) is 6.42. The Kier molecular flexibility index (Phi) is 4.86. The Balaban J connectivity index is 1.57. The van der Waals surface area contributed by atoms with Crippen molar-refractivity contribution in [1.29, 1.82) is 0 Å². The first-order chi connectivity index (χ1) is 13.5. The molecule has 1 atom stereocenters. The van der Waals surface area contributed by atoms with Crippen LogP contribution >= 0.6 is 11.8 Å². The number of carbonyl (C=O) groups excluding carboxylic acids is 2. The fourth-order valence-electron chi connectivity index (χ4n) is 3.10. The fraction of sp³-hybridized carbons (Fsp3) is 0.278. The maximum absolute atomic E-state index is 13.0. The number of benzene rings is 1. The van der Waals surface area contributed by atoms with E-state index < -0.39 is 0 Å². The van der Waals surface area contributed by atoms with Crippen LogP contribution in [0.25, 0.3) is 11.2 Å². The number of carbonyl (C=O) groups is 2. The predicted octanol–water partition coefficient (Wildman–Crippen LogP) is 2.25. The highest BCUT2D eigenvalue weighted by atomic mass is 32.2. The molecule has 144 valence electrons. The number of hydrogen-bond donors (Lipinski definition) is 3. The number of anilines is 3. The van der Waals surface area contributed by atoms with E-state index in [2.05, 4.69) is 30.6 Å². The monoisotopic (exact) mass is 397 g/mol. The van der Waals surface area contributed by atoms with Crippen molar-refractivity contribution in [2.24, 2.45) is 0 Å². The summed E-state index contributed by atoms with van der Waals surface area (Å²) in [5.74, 6) is 1.04. The summed E-state index contributed by atoms with van der Waals surface area (Å²) >= 11 is 1.75. The summed E-state index contributed by atoms with van der Waals surface area (Å²) in [4.78, 5) is 42.8. The van der Waals surface area contributed by atoms with Gasteiger partial charge in [-0.1, -0.05) is 12.1 Å². The van der Waals surface area contributed by atoms with E-state index in [4.69, 9.17) is 0 Å². The van der Waals surface area contributed by atoms with Gasteiger partial charge in [0, 0.05) is 23.6 Å². The molecule has 3 aromatic rings. The van der Waals surface area contributed by atoms with Gasteiger partial charge in [0.2, 0.25) is 17.8 Å². The normalized spacial score (nSPS) is 15.9. The lowest BCUT2D eigenvalue weighted by Crippen LogP contribution is -2.45. The molecule has 0 radical (unpaired) electrons. The Bertz CT molecular complexity index is 1050. The Morgan fingerprint density at radius 1 is 1.32 bits per heavy atom. The molecule has 0 saturated carbocycles. The second kappa shape index (κ2) is 7.47. The Morgan fingerprint density at radius 2 is 2.14 bits per heavy atom. The number of fused-ring (bicyclic) bond motifs is 2. The van der Waals surface area contributed by atoms with Crippen molar-refractivity contribution < 1.29 is 9.59 Å². The number of imidazole rings is 1. The van der Waals surface area contributed by atoms with Crippen molar-refractivity contribution in [3.05, 3.63) is 30.6 Å². The molecule has 3 heterocycles. The van der Waals surface area contributed by atoms with Crippen molar-refractivity contribution in [1.82, 2.24) is 19.9 Å². The number of aromatic nitrogens is 4. The zero-order valence-corrected chi connectivity index (χ0v) is 16.2. The first-order valence-corrected chi connectivity index (χ1v) is 9.78. The zero-order chi connectivity index (χ0) is 19.7. The van der Waals surface area contributed by atoms with Crippen LogP contribution in [0.5, 0.6) is 0 Å². The molecule has 3 N–H and O–H groups in total. The van der Waals surface area contributed by atoms with Crippen LogP contribution in [0.3, 0.4) is 0 Å². The molecule has 1 unspecified atom stereocenters. The Morgan fingerprint density at radius 3 is 2.96 bits per heavy atom. The quantitative estimate of drug-likeness (QED) is 0.618. The highest BCUT2D eigenvalue weighted by Crippen LogP contribution is 2.37. The molecule has 0 bridgehead atoms. The predicted molar refractivity (Wildman–Crippen MR) is 109 cm³/mol. The lowest BCUT2D eigenvalue weighted by molar-refractivity contribution is -0.117. The molecule has 1 aliphatic rings. The summed E-state index contributed by atoms with van der Waals surface area (Å²) in [6, 6.07) is 7.98. The molecule has 9 nitrogen and oxygen atoms in total. The molecular weight excluding hydrogens is 378 g/mol. The minimum atomic E-state index is -0.284. The van der Waals surface area contributed by atoms with Gasteiger partial charge in [-0.15, -0.1) is 11.8 Å². The van der Waals surface area contributed by atoms with E-state index in [0.29, 0.717) is 17.0 Å². The summed E-state index contributed by atoms with van der Waals surface area (Å²) in [6.45, 7) is 3.46. The van der Waals surface area contributed by atoms with Gasteiger partial charge in [0.1, 0.15) is 5.52 Å². The summed E-state index contributed by atoms with van der Waals surface area (Å²) in [7, 11) is 0. The summed E-state index contributed by atoms with van der Waals surface area (Å²) < 4.78 is 0. The van der Waals surface area contributed by atoms with E-state index in [9.17, 15) is 9.59 Å². The minimum Gasteiger partial charge on any atom is -0.359 e. The standard InChI is InChI=1S/C18H19N7O2S/c1-10-8-28-13-6-4-3-5-12(13)25(10)14(27)7-19-16-15-17(21-9-20-15)24-18(23-16)22-11(2)26/h3-6,9-10H,7-8H2,1-2H3,(H3,19,20,21,22,23,24,26). The van der Waals surface area contributed by atoms with Gasteiger partial charge in [-0.05, 0) is 19.1 Å². The van der Waals surface area contributed by atoms with Crippen molar-refractivity contribution in [2.45, 2.75) is 24.8 Å². The van der Waals surface area contributed by atoms with Gasteiger partial charge in [0.05, 0.1) is 18.6 Å². The van der Waals surface area contributed by atoms with Gasteiger partial charge in [-0.2, -0.15) is 9.97 Å². The van der Waals surface area contributed by atoms with Crippen LogP contribution in [0, 0.1) is 0 Å². The molecule has 0 saturated heterocycles. The Hall–Kier alpha value is -3.14. The number of thioether (sulfide) groups is 1. The van der Waals surface area contributed by atoms with E-state index in [-0.39, 0.29) is 30.3 Å². The van der Waals surface area contributed by atoms with Crippen molar-refractivity contribution in [2.75, 3.05) is 27.8 Å². The van der Waals surface area contributed by atoms with Gasteiger partial charge in [-0.25, -0.2) is 4.98 Å². The zero-order valence-electron chi connectivity index (χ0n) is 15.4. The number of rotatable bonds is 4. The molecule has 2 amide bonds. The average Bonchev–Trinajstić information content (AvgIpc) is 3.14. The number of amides is 2. The van der Waals surface area contributed by atoms with Gasteiger partial charge >= 0.3 is 0 Å². The van der Waals surface area contributed by atoms with Crippen LogP contribution in [-0.4, -0.2) is 50.1 Å². The number of nitrogens with one attached hydrogen (secondary N) is 3. The van der Waals surface area contributed by atoms with Crippen LogP contribution < -0.4 is 15.5 Å². The largest absolute Gasteiger partial charge is 0.359 e. The second-order valence-corrected chi connectivity index (χ2v) is 7.49. The molecule has 2 aromatic heterocycles. The maximum Gasteiger partial charge on any atom is 0.246 e. The molecule has 1 aliphatic heterocycles.